The third-order valence-corrected chi connectivity index (χ3v) is 10.2. The van der Waals surface area contributed by atoms with Crippen molar-refractivity contribution in [3.63, 3.8) is 0 Å². The Morgan fingerprint density at radius 1 is 1.00 bits per heavy atom. The number of aromatic nitrogens is 5. The second-order valence-electron chi connectivity index (χ2n) is 12.9. The molecule has 0 fully saturated rings. The molecule has 6 aromatic rings. The smallest absolute Gasteiger partial charge is 0.354 e. The molecule has 0 spiro atoms. The molecule has 1 aliphatic rings. The fourth-order valence-electron chi connectivity index (χ4n) is 7.44. The lowest BCUT2D eigenvalue weighted by molar-refractivity contribution is 0.0587. The second kappa shape index (κ2) is 13.3. The van der Waals surface area contributed by atoms with Gasteiger partial charge in [0.05, 0.1) is 41.3 Å². The fraction of sp³-hybridized carbons (Fsp3) is 0.359. The van der Waals surface area contributed by atoms with Crippen molar-refractivity contribution in [2.45, 2.75) is 72.4 Å². The van der Waals surface area contributed by atoms with Crippen LogP contribution in [0.1, 0.15) is 64.0 Å². The maximum absolute atomic E-state index is 14.4. The monoisotopic (exact) mass is 681 g/mol. The quantitative estimate of drug-likeness (QED) is 0.172. The van der Waals surface area contributed by atoms with Gasteiger partial charge in [0.25, 0.3) is 0 Å². The molecule has 8 bridgehead atoms. The highest BCUT2D eigenvalue weighted by Gasteiger charge is 2.28. The van der Waals surface area contributed by atoms with E-state index in [0.29, 0.717) is 43.3 Å². The van der Waals surface area contributed by atoms with E-state index in [1.54, 1.807) is 12.1 Å². The first-order valence-electron chi connectivity index (χ1n) is 17.0. The van der Waals surface area contributed by atoms with Crippen molar-refractivity contribution in [3.05, 3.63) is 98.8 Å². The minimum Gasteiger partial charge on any atom is -0.493 e. The van der Waals surface area contributed by atoms with Crippen LogP contribution in [0.5, 0.6) is 5.75 Å². The Bertz CT molecular complexity index is 2230. The Balaban J connectivity index is 1.38. The molecule has 0 radical (unpaired) electrons. The van der Waals surface area contributed by atoms with Gasteiger partial charge >= 0.3 is 5.97 Å². The number of benzene rings is 3. The predicted molar refractivity (Wildman–Crippen MR) is 191 cm³/mol. The molecule has 0 N–H and O–H groups in total. The van der Waals surface area contributed by atoms with E-state index in [-0.39, 0.29) is 11.8 Å². The first-order valence-corrected chi connectivity index (χ1v) is 17.4. The molecule has 0 unspecified atom stereocenters. The molecule has 3 aromatic carbocycles. The van der Waals surface area contributed by atoms with Gasteiger partial charge in [0, 0.05) is 42.2 Å². The van der Waals surface area contributed by atoms with Gasteiger partial charge in [-0.15, -0.1) is 0 Å². The maximum Gasteiger partial charge on any atom is 0.354 e. The fourth-order valence-corrected chi connectivity index (χ4v) is 7.68. The SMILES string of the molecule is CCn1c(C(=O)OC)c2c3ccc(Cl)c(c31)-c1c(C)c(C)nn1CCCc1cc(n(C)n1)CCc1cc(c3ccc(F)cc3c1)OCCC2. The Labute approximate surface area is 290 Å². The van der Waals surface area contributed by atoms with E-state index in [2.05, 4.69) is 29.8 Å². The molecule has 0 amide bonds. The zero-order valence-corrected chi connectivity index (χ0v) is 29.5. The highest BCUT2D eigenvalue weighted by molar-refractivity contribution is 6.35. The number of rotatable bonds is 2. The first kappa shape index (κ1) is 32.9. The maximum atomic E-state index is 14.4. The number of halogens is 2. The lowest BCUT2D eigenvalue weighted by Gasteiger charge is -2.15. The number of esters is 1. The summed E-state index contributed by atoms with van der Waals surface area (Å²) >= 11 is 7.09. The van der Waals surface area contributed by atoms with Crippen LogP contribution in [-0.4, -0.2) is 43.8 Å². The van der Waals surface area contributed by atoms with Crippen LogP contribution in [0.3, 0.4) is 0 Å². The molecular formula is C39H41ClFN5O3. The molecule has 49 heavy (non-hydrogen) atoms. The van der Waals surface area contributed by atoms with Gasteiger partial charge < -0.3 is 14.0 Å². The van der Waals surface area contributed by atoms with Gasteiger partial charge in [0.15, 0.2) is 0 Å². The van der Waals surface area contributed by atoms with E-state index in [1.165, 1.54) is 13.2 Å². The number of methoxy groups -OCH3 is 1. The van der Waals surface area contributed by atoms with Gasteiger partial charge in [0.1, 0.15) is 17.3 Å². The third-order valence-electron chi connectivity index (χ3n) is 9.90. The van der Waals surface area contributed by atoms with E-state index in [9.17, 15) is 9.18 Å². The predicted octanol–water partition coefficient (Wildman–Crippen LogP) is 8.35. The minimum absolute atomic E-state index is 0.279. The number of hydrogen-bond acceptors (Lipinski definition) is 5. The molecule has 10 heteroatoms. The van der Waals surface area contributed by atoms with Crippen LogP contribution in [0.4, 0.5) is 4.39 Å². The summed E-state index contributed by atoms with van der Waals surface area (Å²) in [6, 6.07) is 15.1. The molecule has 0 saturated carbocycles. The number of aryl methyl sites for hydroxylation is 8. The third kappa shape index (κ3) is 5.98. The van der Waals surface area contributed by atoms with Crippen LogP contribution in [0.2, 0.25) is 5.02 Å². The Morgan fingerprint density at radius 3 is 2.61 bits per heavy atom. The van der Waals surface area contributed by atoms with Crippen molar-refractivity contribution >= 4 is 39.2 Å². The van der Waals surface area contributed by atoms with E-state index in [0.717, 1.165) is 98.1 Å². The van der Waals surface area contributed by atoms with E-state index in [1.807, 2.05) is 42.3 Å². The summed E-state index contributed by atoms with van der Waals surface area (Å²) in [6.45, 7) is 7.78. The standard InChI is InChI=1S/C39H41ClFN5O3/c1-6-45-37-32-15-16-33(40)35(37)36-23(2)24(3)42-46(36)17-7-9-28-22-29(44(4)43-28)13-11-25-19-26-21-27(41)12-14-30(26)34(20-25)49-18-8-10-31(32)38(45)39(47)48-5/h12,14-16,19-22H,6-11,13,17-18H2,1-5H3. The summed E-state index contributed by atoms with van der Waals surface area (Å²) in [4.78, 5) is 13.5. The second-order valence-corrected chi connectivity index (χ2v) is 13.3. The van der Waals surface area contributed by atoms with Crippen LogP contribution in [-0.2, 0) is 50.6 Å². The number of nitrogens with zero attached hydrogens (tertiary/aromatic N) is 5. The lowest BCUT2D eigenvalue weighted by atomic mass is 10.00. The van der Waals surface area contributed by atoms with E-state index >= 15 is 0 Å². The van der Waals surface area contributed by atoms with Crippen LogP contribution in [0.25, 0.3) is 32.9 Å². The molecular weight excluding hydrogens is 641 g/mol. The normalized spacial score (nSPS) is 14.1. The van der Waals surface area contributed by atoms with Gasteiger partial charge in [-0.1, -0.05) is 23.7 Å². The van der Waals surface area contributed by atoms with Gasteiger partial charge in [0.2, 0.25) is 0 Å². The van der Waals surface area contributed by atoms with Gasteiger partial charge in [-0.3, -0.25) is 9.36 Å². The average Bonchev–Trinajstić information content (AvgIpc) is 3.70. The van der Waals surface area contributed by atoms with Crippen LogP contribution < -0.4 is 4.74 Å². The zero-order chi connectivity index (χ0) is 34.4. The molecule has 7 rings (SSSR count). The van der Waals surface area contributed by atoms with Crippen molar-refractivity contribution in [3.8, 4) is 17.0 Å². The largest absolute Gasteiger partial charge is 0.493 e. The Hall–Kier alpha value is -4.63. The molecule has 1 aliphatic heterocycles. The van der Waals surface area contributed by atoms with Crippen LogP contribution in [0.15, 0.2) is 48.5 Å². The van der Waals surface area contributed by atoms with Gasteiger partial charge in [-0.2, -0.15) is 10.2 Å². The Kier molecular flexibility index (Phi) is 8.96. The highest BCUT2D eigenvalue weighted by atomic mass is 35.5. The van der Waals surface area contributed by atoms with Crippen molar-refractivity contribution in [2.24, 2.45) is 7.05 Å². The molecule has 3 aromatic heterocycles. The van der Waals surface area contributed by atoms with Crippen molar-refractivity contribution in [2.75, 3.05) is 13.7 Å². The van der Waals surface area contributed by atoms with Crippen LogP contribution >= 0.6 is 11.6 Å². The number of carbonyl (C=O) groups excluding carboxylic acids is 1. The molecule has 0 saturated heterocycles. The number of carbonyl (C=O) groups is 1. The van der Waals surface area contributed by atoms with Crippen molar-refractivity contribution < 1.29 is 18.7 Å². The zero-order valence-electron chi connectivity index (χ0n) is 28.7. The molecule has 0 atom stereocenters. The van der Waals surface area contributed by atoms with Crippen LogP contribution in [0, 0.1) is 19.7 Å². The molecule has 8 nitrogen and oxygen atoms in total. The lowest BCUT2D eigenvalue weighted by Crippen LogP contribution is -2.13. The van der Waals surface area contributed by atoms with Gasteiger partial charge in [-0.05, 0) is 118 Å². The summed E-state index contributed by atoms with van der Waals surface area (Å²) in [6.07, 6.45) is 4.41. The minimum atomic E-state index is -0.387. The summed E-state index contributed by atoms with van der Waals surface area (Å²) in [5.74, 6) is 0.0578. The highest BCUT2D eigenvalue weighted by Crippen LogP contribution is 2.42. The number of hydrogen-bond donors (Lipinski definition) is 0. The molecule has 0 aliphatic carbocycles. The Morgan fingerprint density at radius 2 is 1.82 bits per heavy atom. The first-order chi connectivity index (χ1) is 23.7. The molecule has 254 valence electrons. The van der Waals surface area contributed by atoms with Crippen molar-refractivity contribution in [1.29, 1.82) is 0 Å². The average molecular weight is 682 g/mol. The summed E-state index contributed by atoms with van der Waals surface area (Å²) in [5.41, 5.74) is 9.40. The van der Waals surface area contributed by atoms with Gasteiger partial charge in [-0.25, -0.2) is 9.18 Å². The summed E-state index contributed by atoms with van der Waals surface area (Å²) in [5, 5.41) is 13.0. The summed E-state index contributed by atoms with van der Waals surface area (Å²) in [7, 11) is 3.41. The van der Waals surface area contributed by atoms with E-state index in [4.69, 9.17) is 31.3 Å². The summed E-state index contributed by atoms with van der Waals surface area (Å²) < 4.78 is 32.2. The number of fused-ring (bicyclic) bond motifs is 8. The number of ether oxygens (including phenoxy) is 2. The van der Waals surface area contributed by atoms with Crippen molar-refractivity contribution in [1.82, 2.24) is 24.1 Å². The van der Waals surface area contributed by atoms with E-state index < -0.39 is 0 Å². The topological polar surface area (TPSA) is 76.1 Å². The molecule has 4 heterocycles.